The minimum absolute atomic E-state index is 0. The van der Waals surface area contributed by atoms with Crippen molar-refractivity contribution in [3.05, 3.63) is 29.3 Å². The summed E-state index contributed by atoms with van der Waals surface area (Å²) in [6, 6.07) is 3.69. The summed E-state index contributed by atoms with van der Waals surface area (Å²) in [5.41, 5.74) is 0.566. The van der Waals surface area contributed by atoms with Gasteiger partial charge in [0.2, 0.25) is 5.91 Å². The van der Waals surface area contributed by atoms with Crippen molar-refractivity contribution in [1.29, 1.82) is 0 Å². The molecule has 0 spiro atoms. The molecule has 0 unspecified atom stereocenters. The number of halogens is 1. The molecule has 2 N–H and O–H groups in total. The van der Waals surface area contributed by atoms with Gasteiger partial charge in [-0.1, -0.05) is 0 Å². The van der Waals surface area contributed by atoms with Gasteiger partial charge in [-0.15, -0.1) is 12.4 Å². The maximum Gasteiger partial charge on any atom is 0.337 e. The zero-order valence-corrected chi connectivity index (χ0v) is 15.0. The molecule has 0 saturated carbocycles. The van der Waals surface area contributed by atoms with Crippen molar-refractivity contribution < 1.29 is 28.6 Å². The van der Waals surface area contributed by atoms with Crippen LogP contribution in [0, 0.1) is 0 Å². The van der Waals surface area contributed by atoms with E-state index in [0.717, 1.165) is 0 Å². The third kappa shape index (κ3) is 5.15. The van der Waals surface area contributed by atoms with E-state index in [1.165, 1.54) is 32.4 Å². The Morgan fingerprint density at radius 2 is 1.68 bits per heavy atom. The number of hydrogen-bond donors (Lipinski definition) is 2. The van der Waals surface area contributed by atoms with E-state index in [1.807, 2.05) is 0 Å². The first kappa shape index (κ1) is 20.9. The van der Waals surface area contributed by atoms with Gasteiger partial charge >= 0.3 is 11.9 Å². The lowest BCUT2D eigenvalue weighted by Crippen LogP contribution is -2.53. The predicted octanol–water partition coefficient (Wildman–Crippen LogP) is 0.997. The van der Waals surface area contributed by atoms with Gasteiger partial charge in [0.1, 0.15) is 6.04 Å². The van der Waals surface area contributed by atoms with Crippen molar-refractivity contribution in [2.24, 2.45) is 0 Å². The lowest BCUT2D eigenvalue weighted by atomic mass is 10.1. The molecule has 138 valence electrons. The fourth-order valence-corrected chi connectivity index (χ4v) is 2.42. The average molecular weight is 373 g/mol. The molecule has 1 aliphatic heterocycles. The van der Waals surface area contributed by atoms with E-state index in [-0.39, 0.29) is 35.5 Å². The van der Waals surface area contributed by atoms with Gasteiger partial charge in [-0.2, -0.15) is 0 Å². The number of hydrogen-bond acceptors (Lipinski definition) is 7. The average Bonchev–Trinajstić information content (AvgIpc) is 2.60. The minimum atomic E-state index is -0.622. The number of amides is 1. The zero-order valence-electron chi connectivity index (χ0n) is 14.2. The zero-order chi connectivity index (χ0) is 17.7. The molecule has 8 nitrogen and oxygen atoms in total. The Bertz CT molecular complexity index is 617. The number of carbonyl (C=O) groups is 3. The van der Waals surface area contributed by atoms with Gasteiger partial charge in [0.05, 0.1) is 38.1 Å². The molecule has 9 heteroatoms. The lowest BCUT2D eigenvalue weighted by molar-refractivity contribution is -0.123. The summed E-state index contributed by atoms with van der Waals surface area (Å²) in [6.07, 6.45) is -0.289. The molecule has 0 bridgehead atoms. The second-order valence-corrected chi connectivity index (χ2v) is 5.28. The van der Waals surface area contributed by atoms with E-state index in [1.54, 1.807) is 6.92 Å². The molecular weight excluding hydrogens is 352 g/mol. The molecule has 1 fully saturated rings. The highest BCUT2D eigenvalue weighted by Crippen LogP contribution is 2.18. The molecule has 0 aliphatic carbocycles. The van der Waals surface area contributed by atoms with Gasteiger partial charge in [-0.3, -0.25) is 4.79 Å². The number of anilines is 1. The van der Waals surface area contributed by atoms with Crippen LogP contribution < -0.4 is 10.6 Å². The number of ether oxygens (including phenoxy) is 3. The van der Waals surface area contributed by atoms with Crippen LogP contribution in [0.5, 0.6) is 0 Å². The van der Waals surface area contributed by atoms with Crippen LogP contribution in [-0.4, -0.2) is 57.4 Å². The molecule has 25 heavy (non-hydrogen) atoms. The number of methoxy groups -OCH3 is 2. The smallest absolute Gasteiger partial charge is 0.337 e. The fraction of sp³-hybridized carbons (Fsp3) is 0.438. The predicted molar refractivity (Wildman–Crippen MR) is 92.2 cm³/mol. The lowest BCUT2D eigenvalue weighted by Gasteiger charge is -2.29. The SMILES string of the molecule is COC(=O)c1cc(NC(=O)[C@H]2NCCO[C@@H]2C)cc(C(=O)OC)c1.Cl. The number of morpholine rings is 1. The minimum Gasteiger partial charge on any atom is -0.465 e. The van der Waals surface area contributed by atoms with Gasteiger partial charge in [0, 0.05) is 12.2 Å². The van der Waals surface area contributed by atoms with E-state index in [4.69, 9.17) is 4.74 Å². The standard InChI is InChI=1S/C16H20N2O6.ClH/c1-9-13(17-4-5-24-9)14(19)18-12-7-10(15(20)22-2)6-11(8-12)16(21)23-3;/h6-9,13,17H,4-5H2,1-3H3,(H,18,19);1H/t9-,13+;/m1./s1. The summed E-state index contributed by atoms with van der Waals surface area (Å²) >= 11 is 0. The molecule has 1 saturated heterocycles. The van der Waals surface area contributed by atoms with Crippen LogP contribution in [0.25, 0.3) is 0 Å². The van der Waals surface area contributed by atoms with Crippen molar-refractivity contribution >= 4 is 35.9 Å². The molecule has 0 aromatic heterocycles. The first-order valence-electron chi connectivity index (χ1n) is 7.44. The van der Waals surface area contributed by atoms with Crippen LogP contribution >= 0.6 is 12.4 Å². The molecule has 1 aliphatic rings. The number of nitrogens with one attached hydrogen (secondary N) is 2. The summed E-state index contributed by atoms with van der Waals surface area (Å²) in [6.45, 7) is 2.90. The highest BCUT2D eigenvalue weighted by Gasteiger charge is 2.28. The molecule has 1 aromatic rings. The summed E-state index contributed by atoms with van der Waals surface area (Å²) in [5.74, 6) is -1.56. The summed E-state index contributed by atoms with van der Waals surface area (Å²) in [4.78, 5) is 35.9. The second-order valence-electron chi connectivity index (χ2n) is 5.28. The van der Waals surface area contributed by atoms with E-state index >= 15 is 0 Å². The van der Waals surface area contributed by atoms with Crippen LogP contribution in [0.2, 0.25) is 0 Å². The second kappa shape index (κ2) is 9.36. The van der Waals surface area contributed by atoms with Crippen molar-refractivity contribution in [2.45, 2.75) is 19.1 Å². The van der Waals surface area contributed by atoms with Gasteiger partial charge in [0.15, 0.2) is 0 Å². The van der Waals surface area contributed by atoms with Gasteiger partial charge < -0.3 is 24.8 Å². The summed E-state index contributed by atoms with van der Waals surface area (Å²) in [5, 5.41) is 5.75. The highest BCUT2D eigenvalue weighted by molar-refractivity contribution is 6.00. The van der Waals surface area contributed by atoms with E-state index in [0.29, 0.717) is 18.8 Å². The molecule has 2 atom stereocenters. The maximum atomic E-state index is 12.4. The largest absolute Gasteiger partial charge is 0.465 e. The Labute approximate surface area is 151 Å². The quantitative estimate of drug-likeness (QED) is 0.760. The van der Waals surface area contributed by atoms with Crippen molar-refractivity contribution in [3.8, 4) is 0 Å². The van der Waals surface area contributed by atoms with Crippen LogP contribution in [-0.2, 0) is 19.0 Å². The molecule has 0 radical (unpaired) electrons. The number of rotatable bonds is 4. The Morgan fingerprint density at radius 1 is 1.12 bits per heavy atom. The van der Waals surface area contributed by atoms with Crippen LogP contribution in [0.4, 0.5) is 5.69 Å². The van der Waals surface area contributed by atoms with Crippen molar-refractivity contribution in [3.63, 3.8) is 0 Å². The number of esters is 2. The van der Waals surface area contributed by atoms with Crippen LogP contribution in [0.1, 0.15) is 27.6 Å². The Kier molecular flexibility index (Phi) is 7.82. The van der Waals surface area contributed by atoms with Gasteiger partial charge in [-0.05, 0) is 25.1 Å². The number of benzene rings is 1. The Hall–Kier alpha value is -2.16. The van der Waals surface area contributed by atoms with E-state index in [2.05, 4.69) is 20.1 Å². The topological polar surface area (TPSA) is 103 Å². The monoisotopic (exact) mass is 372 g/mol. The molecule has 1 aromatic carbocycles. The molecular formula is C16H21ClN2O6. The highest BCUT2D eigenvalue weighted by atomic mass is 35.5. The maximum absolute atomic E-state index is 12.4. The Balaban J connectivity index is 0.00000312. The number of carbonyl (C=O) groups excluding carboxylic acids is 3. The molecule has 1 amide bonds. The first-order valence-corrected chi connectivity index (χ1v) is 7.44. The van der Waals surface area contributed by atoms with E-state index < -0.39 is 18.0 Å². The molecule has 1 heterocycles. The van der Waals surface area contributed by atoms with Crippen molar-refractivity contribution in [1.82, 2.24) is 5.32 Å². The summed E-state index contributed by atoms with van der Waals surface area (Å²) < 4.78 is 14.8. The molecule has 2 rings (SSSR count). The van der Waals surface area contributed by atoms with Gasteiger partial charge in [-0.25, -0.2) is 9.59 Å². The Morgan fingerprint density at radius 3 is 2.16 bits per heavy atom. The van der Waals surface area contributed by atoms with Crippen molar-refractivity contribution in [2.75, 3.05) is 32.7 Å². The third-order valence-electron chi connectivity index (χ3n) is 3.64. The fourth-order valence-electron chi connectivity index (χ4n) is 2.42. The van der Waals surface area contributed by atoms with Crippen LogP contribution in [0.3, 0.4) is 0 Å². The first-order chi connectivity index (χ1) is 11.5. The summed E-state index contributed by atoms with van der Waals surface area (Å²) in [7, 11) is 2.47. The third-order valence-corrected chi connectivity index (χ3v) is 3.64. The van der Waals surface area contributed by atoms with Crippen LogP contribution in [0.15, 0.2) is 18.2 Å². The normalized spacial score (nSPS) is 19.3. The van der Waals surface area contributed by atoms with Gasteiger partial charge in [0.25, 0.3) is 0 Å². The van der Waals surface area contributed by atoms with E-state index in [9.17, 15) is 14.4 Å².